The second-order valence-corrected chi connectivity index (χ2v) is 7.17. The zero-order chi connectivity index (χ0) is 17.5. The summed E-state index contributed by atoms with van der Waals surface area (Å²) in [6.07, 6.45) is 0.671. The number of hydrogen-bond acceptors (Lipinski definition) is 4. The summed E-state index contributed by atoms with van der Waals surface area (Å²) in [5.74, 6) is 0.331. The first-order valence-corrected chi connectivity index (χ1v) is 9.73. The van der Waals surface area contributed by atoms with Gasteiger partial charge in [0.1, 0.15) is 0 Å². The van der Waals surface area contributed by atoms with Crippen molar-refractivity contribution in [3.05, 3.63) is 35.9 Å². The van der Waals surface area contributed by atoms with Crippen LogP contribution in [0, 0.1) is 0 Å². The van der Waals surface area contributed by atoms with E-state index >= 15 is 0 Å². The molecule has 1 aromatic carbocycles. The second-order valence-electron chi connectivity index (χ2n) is 7.17. The van der Waals surface area contributed by atoms with Crippen LogP contribution in [-0.4, -0.2) is 91.0 Å². The summed E-state index contributed by atoms with van der Waals surface area (Å²) in [6.45, 7) is 13.5. The first kappa shape index (κ1) is 18.4. The van der Waals surface area contributed by atoms with Crippen LogP contribution in [0.2, 0.25) is 0 Å². The van der Waals surface area contributed by atoms with Gasteiger partial charge >= 0.3 is 0 Å². The zero-order valence-corrected chi connectivity index (χ0v) is 15.6. The molecular weight excluding hydrogens is 312 g/mol. The zero-order valence-electron chi connectivity index (χ0n) is 15.6. The number of rotatable bonds is 6. The fourth-order valence-corrected chi connectivity index (χ4v) is 3.74. The Morgan fingerprint density at radius 1 is 0.840 bits per heavy atom. The highest BCUT2D eigenvalue weighted by Gasteiger charge is 2.22. The van der Waals surface area contributed by atoms with Gasteiger partial charge in [-0.3, -0.25) is 9.69 Å². The van der Waals surface area contributed by atoms with Crippen LogP contribution >= 0.6 is 0 Å². The van der Waals surface area contributed by atoms with Gasteiger partial charge in [-0.2, -0.15) is 0 Å². The third-order valence-corrected chi connectivity index (χ3v) is 5.53. The molecule has 5 heteroatoms. The van der Waals surface area contributed by atoms with E-state index in [4.69, 9.17) is 0 Å². The van der Waals surface area contributed by atoms with E-state index in [1.165, 1.54) is 5.56 Å². The summed E-state index contributed by atoms with van der Waals surface area (Å²) in [5, 5.41) is 0. The molecule has 0 atom stereocenters. The number of amides is 1. The highest BCUT2D eigenvalue weighted by Crippen LogP contribution is 2.10. The lowest BCUT2D eigenvalue weighted by molar-refractivity contribution is -0.133. The van der Waals surface area contributed by atoms with Gasteiger partial charge in [0.25, 0.3) is 0 Å². The second kappa shape index (κ2) is 9.32. The largest absolute Gasteiger partial charge is 0.340 e. The molecule has 25 heavy (non-hydrogen) atoms. The fourth-order valence-electron chi connectivity index (χ4n) is 3.74. The highest BCUT2D eigenvalue weighted by atomic mass is 16.2. The number of carbonyl (C=O) groups is 1. The predicted octanol–water partition coefficient (Wildman–Crippen LogP) is 1.36. The molecule has 5 nitrogen and oxygen atoms in total. The van der Waals surface area contributed by atoms with Crippen molar-refractivity contribution >= 4 is 5.91 Å². The lowest BCUT2D eigenvalue weighted by atomic mass is 10.2. The van der Waals surface area contributed by atoms with Crippen molar-refractivity contribution < 1.29 is 4.79 Å². The summed E-state index contributed by atoms with van der Waals surface area (Å²) in [4.78, 5) is 21.9. The normalized spacial score (nSPS) is 20.8. The van der Waals surface area contributed by atoms with Gasteiger partial charge in [-0.25, -0.2) is 0 Å². The quantitative estimate of drug-likeness (QED) is 0.779. The van der Waals surface area contributed by atoms with Crippen molar-refractivity contribution in [1.29, 1.82) is 0 Å². The van der Waals surface area contributed by atoms with Crippen LogP contribution in [0.1, 0.15) is 18.9 Å². The number of benzene rings is 1. The van der Waals surface area contributed by atoms with E-state index in [9.17, 15) is 4.79 Å². The Balaban J connectivity index is 1.34. The van der Waals surface area contributed by atoms with Gasteiger partial charge in [0, 0.05) is 71.9 Å². The SMILES string of the molecule is CCN1CCN(CCC(=O)N2CCN(Cc3ccccc3)CC2)CC1. The molecule has 0 aromatic heterocycles. The molecule has 0 saturated carbocycles. The summed E-state index contributed by atoms with van der Waals surface area (Å²) in [7, 11) is 0. The van der Waals surface area contributed by atoms with Crippen molar-refractivity contribution in [1.82, 2.24) is 19.6 Å². The summed E-state index contributed by atoms with van der Waals surface area (Å²) in [5.41, 5.74) is 1.36. The molecule has 2 aliphatic rings. The molecule has 0 bridgehead atoms. The Kier molecular flexibility index (Phi) is 6.84. The Morgan fingerprint density at radius 2 is 1.44 bits per heavy atom. The maximum atomic E-state index is 12.5. The van der Waals surface area contributed by atoms with E-state index in [1.54, 1.807) is 0 Å². The number of likely N-dealkylation sites (N-methyl/N-ethyl adjacent to an activating group) is 1. The van der Waals surface area contributed by atoms with Gasteiger partial charge in [-0.05, 0) is 12.1 Å². The van der Waals surface area contributed by atoms with Gasteiger partial charge in [0.05, 0.1) is 0 Å². The molecule has 2 fully saturated rings. The number of nitrogens with zero attached hydrogens (tertiary/aromatic N) is 4. The predicted molar refractivity (Wildman–Crippen MR) is 101 cm³/mol. The minimum absolute atomic E-state index is 0.331. The molecule has 3 rings (SSSR count). The monoisotopic (exact) mass is 344 g/mol. The highest BCUT2D eigenvalue weighted by molar-refractivity contribution is 5.76. The van der Waals surface area contributed by atoms with Crippen LogP contribution in [0.5, 0.6) is 0 Å². The molecule has 1 aromatic rings. The molecule has 0 unspecified atom stereocenters. The van der Waals surface area contributed by atoms with Crippen molar-refractivity contribution in [3.63, 3.8) is 0 Å². The Labute approximate surface area is 152 Å². The maximum Gasteiger partial charge on any atom is 0.223 e. The summed E-state index contributed by atoms with van der Waals surface area (Å²) >= 11 is 0. The van der Waals surface area contributed by atoms with Crippen LogP contribution in [0.4, 0.5) is 0 Å². The number of hydrogen-bond donors (Lipinski definition) is 0. The number of carbonyl (C=O) groups excluding carboxylic acids is 1. The summed E-state index contributed by atoms with van der Waals surface area (Å²) < 4.78 is 0. The lowest BCUT2D eigenvalue weighted by Gasteiger charge is -2.36. The van der Waals surface area contributed by atoms with Crippen LogP contribution in [0.25, 0.3) is 0 Å². The molecule has 2 aliphatic heterocycles. The van der Waals surface area contributed by atoms with Crippen LogP contribution in [-0.2, 0) is 11.3 Å². The van der Waals surface area contributed by atoms with Crippen molar-refractivity contribution in [3.8, 4) is 0 Å². The fraction of sp³-hybridized carbons (Fsp3) is 0.650. The van der Waals surface area contributed by atoms with E-state index in [2.05, 4.69) is 56.9 Å². The average Bonchev–Trinajstić information content (AvgIpc) is 2.68. The molecule has 1 amide bonds. The van der Waals surface area contributed by atoms with Crippen LogP contribution in [0.3, 0.4) is 0 Å². The van der Waals surface area contributed by atoms with Crippen molar-refractivity contribution in [2.75, 3.05) is 65.4 Å². The van der Waals surface area contributed by atoms with Gasteiger partial charge in [-0.15, -0.1) is 0 Å². The standard InChI is InChI=1S/C20H32N4O/c1-2-21-10-12-22(13-11-21)9-8-20(25)24-16-14-23(15-17-24)18-19-6-4-3-5-7-19/h3-7H,2,8-18H2,1H3. The van der Waals surface area contributed by atoms with Crippen LogP contribution in [0.15, 0.2) is 30.3 Å². The minimum Gasteiger partial charge on any atom is -0.340 e. The molecule has 0 aliphatic carbocycles. The first-order chi connectivity index (χ1) is 12.2. The maximum absolute atomic E-state index is 12.5. The van der Waals surface area contributed by atoms with Gasteiger partial charge in [-0.1, -0.05) is 37.3 Å². The Hall–Kier alpha value is -1.43. The molecule has 0 radical (unpaired) electrons. The molecule has 0 N–H and O–H groups in total. The van der Waals surface area contributed by atoms with Gasteiger partial charge < -0.3 is 14.7 Å². The van der Waals surface area contributed by atoms with Gasteiger partial charge in [0.15, 0.2) is 0 Å². The third kappa shape index (κ3) is 5.53. The molecule has 138 valence electrons. The Bertz CT molecular complexity index is 520. The topological polar surface area (TPSA) is 30.0 Å². The number of piperazine rings is 2. The molecule has 2 heterocycles. The van der Waals surface area contributed by atoms with E-state index < -0.39 is 0 Å². The lowest BCUT2D eigenvalue weighted by Crippen LogP contribution is -2.50. The Morgan fingerprint density at radius 3 is 2.08 bits per heavy atom. The minimum atomic E-state index is 0.331. The van der Waals surface area contributed by atoms with Crippen molar-refractivity contribution in [2.45, 2.75) is 19.9 Å². The van der Waals surface area contributed by atoms with E-state index in [-0.39, 0.29) is 0 Å². The van der Waals surface area contributed by atoms with E-state index in [0.717, 1.165) is 72.0 Å². The molecular formula is C20H32N4O. The van der Waals surface area contributed by atoms with Crippen molar-refractivity contribution in [2.24, 2.45) is 0 Å². The van der Waals surface area contributed by atoms with E-state index in [0.29, 0.717) is 12.3 Å². The van der Waals surface area contributed by atoms with E-state index in [1.807, 2.05) is 0 Å². The smallest absolute Gasteiger partial charge is 0.223 e. The first-order valence-electron chi connectivity index (χ1n) is 9.73. The third-order valence-electron chi connectivity index (χ3n) is 5.53. The van der Waals surface area contributed by atoms with Gasteiger partial charge in [0.2, 0.25) is 5.91 Å². The molecule has 0 spiro atoms. The molecule has 2 saturated heterocycles. The van der Waals surface area contributed by atoms with Crippen LogP contribution < -0.4 is 0 Å². The average molecular weight is 345 g/mol. The summed E-state index contributed by atoms with van der Waals surface area (Å²) in [6, 6.07) is 10.6.